The van der Waals surface area contributed by atoms with E-state index in [2.05, 4.69) is 44.5 Å². The third-order valence-electron chi connectivity index (χ3n) is 5.67. The highest BCUT2D eigenvalue weighted by atomic mass is 19.1. The van der Waals surface area contributed by atoms with Crippen LogP contribution in [0.5, 0.6) is 0 Å². The van der Waals surface area contributed by atoms with Crippen LogP contribution >= 0.6 is 0 Å². The van der Waals surface area contributed by atoms with Gasteiger partial charge in [-0.15, -0.1) is 0 Å². The summed E-state index contributed by atoms with van der Waals surface area (Å²) in [6, 6.07) is 0.752. The van der Waals surface area contributed by atoms with Crippen molar-refractivity contribution in [2.75, 3.05) is 39.9 Å². The SMILES string of the molecule is CC(C)[C@@H](C)CN1CCC(N(C)CCC[C@H](C)CCF)CC1. The number of likely N-dealkylation sites (tertiary alicyclic amines) is 1. The van der Waals surface area contributed by atoms with E-state index in [0.29, 0.717) is 5.92 Å². The zero-order chi connectivity index (χ0) is 16.5. The van der Waals surface area contributed by atoms with E-state index in [1.165, 1.54) is 51.9 Å². The van der Waals surface area contributed by atoms with Crippen LogP contribution in [0.15, 0.2) is 0 Å². The predicted octanol–water partition coefficient (Wildman–Crippen LogP) is 4.45. The lowest BCUT2D eigenvalue weighted by Gasteiger charge is -2.38. The lowest BCUT2D eigenvalue weighted by Crippen LogP contribution is -2.45. The van der Waals surface area contributed by atoms with Gasteiger partial charge >= 0.3 is 0 Å². The fraction of sp³-hybridized carbons (Fsp3) is 1.00. The van der Waals surface area contributed by atoms with Gasteiger partial charge < -0.3 is 9.80 Å². The molecule has 1 aliphatic heterocycles. The van der Waals surface area contributed by atoms with Gasteiger partial charge in [-0.2, -0.15) is 0 Å². The minimum atomic E-state index is -0.162. The Hall–Kier alpha value is -0.150. The highest BCUT2D eigenvalue weighted by molar-refractivity contribution is 4.79. The highest BCUT2D eigenvalue weighted by Crippen LogP contribution is 2.20. The molecule has 0 aromatic heterocycles. The second-order valence-corrected chi connectivity index (χ2v) is 7.96. The first-order valence-corrected chi connectivity index (χ1v) is 9.42. The topological polar surface area (TPSA) is 6.48 Å². The third kappa shape index (κ3) is 7.41. The van der Waals surface area contributed by atoms with Crippen molar-refractivity contribution in [3.63, 3.8) is 0 Å². The van der Waals surface area contributed by atoms with Crippen LogP contribution in [0.1, 0.15) is 59.8 Å². The lowest BCUT2D eigenvalue weighted by molar-refractivity contribution is 0.109. The van der Waals surface area contributed by atoms with Crippen molar-refractivity contribution in [1.82, 2.24) is 9.80 Å². The van der Waals surface area contributed by atoms with Crippen LogP contribution < -0.4 is 0 Å². The molecule has 0 aromatic carbocycles. The van der Waals surface area contributed by atoms with Gasteiger partial charge in [-0.05, 0) is 76.5 Å². The first-order chi connectivity index (χ1) is 10.4. The van der Waals surface area contributed by atoms with Crippen LogP contribution in [0.2, 0.25) is 0 Å². The molecule has 1 aliphatic rings. The number of halogens is 1. The second kappa shape index (κ2) is 10.6. The molecular weight excluding hydrogens is 275 g/mol. The van der Waals surface area contributed by atoms with Crippen molar-refractivity contribution < 1.29 is 4.39 Å². The van der Waals surface area contributed by atoms with E-state index >= 15 is 0 Å². The van der Waals surface area contributed by atoms with Crippen molar-refractivity contribution in [3.8, 4) is 0 Å². The largest absolute Gasteiger partial charge is 0.303 e. The molecular formula is C19H39FN2. The predicted molar refractivity (Wildman–Crippen MR) is 95.1 cm³/mol. The van der Waals surface area contributed by atoms with Crippen molar-refractivity contribution in [1.29, 1.82) is 0 Å². The number of hydrogen-bond donors (Lipinski definition) is 0. The Kier molecular flexibility index (Phi) is 9.58. The molecule has 132 valence electrons. The number of hydrogen-bond acceptors (Lipinski definition) is 2. The van der Waals surface area contributed by atoms with Gasteiger partial charge in [-0.3, -0.25) is 4.39 Å². The molecule has 2 nitrogen and oxygen atoms in total. The Balaban J connectivity index is 2.18. The van der Waals surface area contributed by atoms with Gasteiger partial charge in [-0.25, -0.2) is 0 Å². The fourth-order valence-electron chi connectivity index (χ4n) is 3.36. The molecule has 0 unspecified atom stereocenters. The molecule has 0 aromatic rings. The summed E-state index contributed by atoms with van der Waals surface area (Å²) in [5.41, 5.74) is 0. The van der Waals surface area contributed by atoms with E-state index < -0.39 is 0 Å². The fourth-order valence-corrected chi connectivity index (χ4v) is 3.36. The van der Waals surface area contributed by atoms with Crippen LogP contribution in [0.3, 0.4) is 0 Å². The quantitative estimate of drug-likeness (QED) is 0.588. The van der Waals surface area contributed by atoms with E-state index in [1.54, 1.807) is 0 Å². The zero-order valence-corrected chi connectivity index (χ0v) is 15.7. The zero-order valence-electron chi connectivity index (χ0n) is 15.7. The van der Waals surface area contributed by atoms with Gasteiger partial charge in [0.05, 0.1) is 6.67 Å². The number of nitrogens with zero attached hydrogens (tertiary/aromatic N) is 2. The minimum Gasteiger partial charge on any atom is -0.303 e. The molecule has 0 radical (unpaired) electrons. The third-order valence-corrected chi connectivity index (χ3v) is 5.67. The lowest BCUT2D eigenvalue weighted by atomic mass is 9.95. The average Bonchev–Trinajstić information content (AvgIpc) is 2.48. The molecule has 0 amide bonds. The van der Waals surface area contributed by atoms with Crippen molar-refractivity contribution in [3.05, 3.63) is 0 Å². The number of piperidine rings is 1. The molecule has 1 heterocycles. The maximum Gasteiger partial charge on any atom is 0.0897 e. The van der Waals surface area contributed by atoms with Crippen molar-refractivity contribution >= 4 is 0 Å². The van der Waals surface area contributed by atoms with Crippen molar-refractivity contribution in [2.24, 2.45) is 17.8 Å². The van der Waals surface area contributed by atoms with Gasteiger partial charge in [0.2, 0.25) is 0 Å². The molecule has 0 spiro atoms. The van der Waals surface area contributed by atoms with Gasteiger partial charge in [-0.1, -0.05) is 27.7 Å². The molecule has 2 atom stereocenters. The molecule has 1 rings (SSSR count). The molecule has 1 fully saturated rings. The summed E-state index contributed by atoms with van der Waals surface area (Å²) in [6.45, 7) is 14.0. The van der Waals surface area contributed by atoms with Crippen LogP contribution in [0, 0.1) is 17.8 Å². The average molecular weight is 315 g/mol. The van der Waals surface area contributed by atoms with E-state index in [1.807, 2.05) is 0 Å². The maximum atomic E-state index is 12.3. The summed E-state index contributed by atoms with van der Waals surface area (Å²) in [4.78, 5) is 5.20. The Labute approximate surface area is 138 Å². The number of rotatable bonds is 10. The van der Waals surface area contributed by atoms with E-state index in [4.69, 9.17) is 0 Å². The molecule has 0 bridgehead atoms. The first kappa shape index (κ1) is 19.9. The monoisotopic (exact) mass is 314 g/mol. The second-order valence-electron chi connectivity index (χ2n) is 7.96. The molecule has 0 aliphatic carbocycles. The summed E-state index contributed by atoms with van der Waals surface area (Å²) in [5.74, 6) is 2.12. The standard InChI is InChI=1S/C19H39FN2/c1-16(2)18(4)15-22-13-9-19(10-14-22)21(5)12-6-7-17(3)8-11-20/h16-19H,6-15H2,1-5H3/t17-,18-/m0/s1. The molecule has 0 N–H and O–H groups in total. The van der Waals surface area contributed by atoms with Gasteiger partial charge in [0, 0.05) is 12.6 Å². The van der Waals surface area contributed by atoms with Gasteiger partial charge in [0.15, 0.2) is 0 Å². The summed E-state index contributed by atoms with van der Waals surface area (Å²) in [6.07, 6.45) is 5.72. The summed E-state index contributed by atoms with van der Waals surface area (Å²) in [5, 5.41) is 0. The van der Waals surface area contributed by atoms with Gasteiger partial charge in [0.1, 0.15) is 0 Å². The van der Waals surface area contributed by atoms with Crippen LogP contribution in [-0.2, 0) is 0 Å². The summed E-state index contributed by atoms with van der Waals surface area (Å²) in [7, 11) is 2.27. The van der Waals surface area contributed by atoms with Crippen LogP contribution in [0.25, 0.3) is 0 Å². The first-order valence-electron chi connectivity index (χ1n) is 9.42. The Morgan fingerprint density at radius 3 is 2.27 bits per heavy atom. The van der Waals surface area contributed by atoms with E-state index in [0.717, 1.165) is 24.3 Å². The molecule has 0 saturated carbocycles. The van der Waals surface area contributed by atoms with E-state index in [-0.39, 0.29) is 6.67 Å². The molecule has 22 heavy (non-hydrogen) atoms. The summed E-state index contributed by atoms with van der Waals surface area (Å²) >= 11 is 0. The minimum absolute atomic E-state index is 0.162. The Morgan fingerprint density at radius 1 is 1.09 bits per heavy atom. The molecule has 1 saturated heterocycles. The normalized spacial score (nSPS) is 20.7. The summed E-state index contributed by atoms with van der Waals surface area (Å²) < 4.78 is 12.3. The van der Waals surface area contributed by atoms with Gasteiger partial charge in [0.25, 0.3) is 0 Å². The van der Waals surface area contributed by atoms with E-state index in [9.17, 15) is 4.39 Å². The van der Waals surface area contributed by atoms with Crippen LogP contribution in [-0.4, -0.2) is 55.7 Å². The maximum absolute atomic E-state index is 12.3. The van der Waals surface area contributed by atoms with Crippen molar-refractivity contribution in [2.45, 2.75) is 65.8 Å². The number of alkyl halides is 1. The Morgan fingerprint density at radius 2 is 1.73 bits per heavy atom. The highest BCUT2D eigenvalue weighted by Gasteiger charge is 2.23. The molecule has 3 heteroatoms. The smallest absolute Gasteiger partial charge is 0.0897 e. The van der Waals surface area contributed by atoms with Crippen LogP contribution in [0.4, 0.5) is 4.39 Å². The Bertz CT molecular complexity index is 275.